The zero-order chi connectivity index (χ0) is 22.9. The maximum atomic E-state index is 14.3. The van der Waals surface area contributed by atoms with Crippen LogP contribution in [0.3, 0.4) is 0 Å². The zero-order valence-electron chi connectivity index (χ0n) is 17.3. The molecule has 3 aromatic rings. The third-order valence-corrected chi connectivity index (χ3v) is 4.95. The molecule has 0 fully saturated rings. The SMILES string of the molecule is COC(=O)C1Oc2ccc(Nc3ncc(F)c(Nc4ccc5c(c4)OCCO5)n3)cc2C1=O. The van der Waals surface area contributed by atoms with Crippen molar-refractivity contribution in [1.29, 1.82) is 0 Å². The predicted molar refractivity (Wildman–Crippen MR) is 113 cm³/mol. The standard InChI is InChI=1S/C22H17FN4O6/c1-30-21(29)19-18(28)13-8-11(2-4-15(13)33-19)26-22-24-10-14(23)20(27-22)25-12-3-5-16-17(9-12)32-7-6-31-16/h2-5,8-10,19H,6-7H2,1H3,(H2,24,25,26,27). The summed E-state index contributed by atoms with van der Waals surface area (Å²) in [5, 5.41) is 5.81. The van der Waals surface area contributed by atoms with E-state index in [0.29, 0.717) is 36.1 Å². The number of hydrogen-bond acceptors (Lipinski definition) is 10. The number of benzene rings is 2. The second kappa shape index (κ2) is 8.26. The van der Waals surface area contributed by atoms with Crippen LogP contribution in [0.4, 0.5) is 27.5 Å². The highest BCUT2D eigenvalue weighted by Crippen LogP contribution is 2.34. The van der Waals surface area contributed by atoms with Crippen LogP contribution in [0.25, 0.3) is 0 Å². The lowest BCUT2D eigenvalue weighted by Crippen LogP contribution is -2.31. The van der Waals surface area contributed by atoms with Crippen LogP contribution in [-0.2, 0) is 9.53 Å². The summed E-state index contributed by atoms with van der Waals surface area (Å²) in [6.07, 6.45) is -0.311. The molecule has 10 nitrogen and oxygen atoms in total. The molecule has 168 valence electrons. The van der Waals surface area contributed by atoms with Crippen LogP contribution in [0.5, 0.6) is 17.2 Å². The van der Waals surface area contributed by atoms with E-state index in [9.17, 15) is 14.0 Å². The summed E-state index contributed by atoms with van der Waals surface area (Å²) in [5.74, 6) is -0.487. The Hall–Kier alpha value is -4.41. The fourth-order valence-electron chi connectivity index (χ4n) is 3.39. The maximum absolute atomic E-state index is 14.3. The van der Waals surface area contributed by atoms with Crippen LogP contribution in [-0.4, -0.2) is 48.1 Å². The normalized spacial score (nSPS) is 15.9. The topological polar surface area (TPSA) is 121 Å². The van der Waals surface area contributed by atoms with Crippen molar-refractivity contribution in [2.75, 3.05) is 31.0 Å². The van der Waals surface area contributed by atoms with E-state index < -0.39 is 23.7 Å². The summed E-state index contributed by atoms with van der Waals surface area (Å²) < 4.78 is 35.3. The molecule has 3 heterocycles. The van der Waals surface area contributed by atoms with Gasteiger partial charge in [0.1, 0.15) is 19.0 Å². The highest BCUT2D eigenvalue weighted by atomic mass is 19.1. The van der Waals surface area contributed by atoms with Gasteiger partial charge in [-0.15, -0.1) is 0 Å². The second-order valence-electron chi connectivity index (χ2n) is 7.09. The van der Waals surface area contributed by atoms with Gasteiger partial charge in [-0.1, -0.05) is 0 Å². The molecule has 0 spiro atoms. The van der Waals surface area contributed by atoms with Gasteiger partial charge >= 0.3 is 5.97 Å². The first-order valence-electron chi connectivity index (χ1n) is 9.91. The third kappa shape index (κ3) is 3.95. The minimum absolute atomic E-state index is 0.0597. The number of carbonyl (C=O) groups excluding carboxylic acids is 2. The molecule has 0 saturated carbocycles. The number of nitrogens with one attached hydrogen (secondary N) is 2. The van der Waals surface area contributed by atoms with E-state index in [1.165, 1.54) is 19.2 Å². The third-order valence-electron chi connectivity index (χ3n) is 4.95. The Morgan fingerprint density at radius 3 is 2.58 bits per heavy atom. The van der Waals surface area contributed by atoms with Gasteiger partial charge in [0.05, 0.1) is 18.9 Å². The van der Waals surface area contributed by atoms with Gasteiger partial charge in [0, 0.05) is 17.4 Å². The van der Waals surface area contributed by atoms with Gasteiger partial charge in [-0.2, -0.15) is 4.98 Å². The minimum atomic E-state index is -1.33. The number of nitrogens with zero attached hydrogens (tertiary/aromatic N) is 2. The average Bonchev–Trinajstić information content (AvgIpc) is 3.16. The van der Waals surface area contributed by atoms with Crippen molar-refractivity contribution in [3.05, 3.63) is 54.0 Å². The molecule has 11 heteroatoms. The number of esters is 1. The first-order chi connectivity index (χ1) is 16.0. The minimum Gasteiger partial charge on any atom is -0.486 e. The second-order valence-corrected chi connectivity index (χ2v) is 7.09. The number of anilines is 4. The summed E-state index contributed by atoms with van der Waals surface area (Å²) in [5.41, 5.74) is 1.22. The lowest BCUT2D eigenvalue weighted by molar-refractivity contribution is -0.145. The molecule has 0 bridgehead atoms. The van der Waals surface area contributed by atoms with Gasteiger partial charge in [-0.3, -0.25) is 4.79 Å². The number of carbonyl (C=O) groups is 2. The molecule has 1 atom stereocenters. The van der Waals surface area contributed by atoms with E-state index >= 15 is 0 Å². The van der Waals surface area contributed by atoms with Crippen LogP contribution in [0.1, 0.15) is 10.4 Å². The van der Waals surface area contributed by atoms with Crippen molar-refractivity contribution in [3.8, 4) is 17.2 Å². The highest BCUT2D eigenvalue weighted by molar-refractivity contribution is 6.15. The quantitative estimate of drug-likeness (QED) is 0.441. The summed E-state index contributed by atoms with van der Waals surface area (Å²) in [6.45, 7) is 0.903. The first-order valence-corrected chi connectivity index (χ1v) is 9.91. The van der Waals surface area contributed by atoms with Crippen molar-refractivity contribution >= 4 is 34.9 Å². The Kier molecular flexibility index (Phi) is 5.13. The van der Waals surface area contributed by atoms with Gasteiger partial charge < -0.3 is 29.6 Å². The number of fused-ring (bicyclic) bond motifs is 2. The predicted octanol–water partition coefficient (Wildman–Crippen LogP) is 2.99. The number of methoxy groups -OCH3 is 1. The maximum Gasteiger partial charge on any atom is 0.355 e. The number of aromatic nitrogens is 2. The van der Waals surface area contributed by atoms with Crippen LogP contribution in [0.15, 0.2) is 42.6 Å². The van der Waals surface area contributed by atoms with Crippen molar-refractivity contribution in [3.63, 3.8) is 0 Å². The summed E-state index contributed by atoms with van der Waals surface area (Å²) >= 11 is 0. The van der Waals surface area contributed by atoms with Crippen molar-refractivity contribution in [2.45, 2.75) is 6.10 Å². The first kappa shape index (κ1) is 20.5. The number of rotatable bonds is 5. The molecular weight excluding hydrogens is 435 g/mol. The molecule has 2 aliphatic rings. The number of halogens is 1. The Balaban J connectivity index is 1.35. The Bertz CT molecular complexity index is 1270. The van der Waals surface area contributed by atoms with Gasteiger partial charge in [0.15, 0.2) is 23.1 Å². The molecular formula is C22H17FN4O6. The number of ketones is 1. The Morgan fingerprint density at radius 1 is 1.06 bits per heavy atom. The van der Waals surface area contributed by atoms with Crippen LogP contribution in [0, 0.1) is 5.82 Å². The largest absolute Gasteiger partial charge is 0.486 e. The van der Waals surface area contributed by atoms with Crippen molar-refractivity contribution in [2.24, 2.45) is 0 Å². The lowest BCUT2D eigenvalue weighted by atomic mass is 10.1. The van der Waals surface area contributed by atoms with Gasteiger partial charge in [-0.05, 0) is 30.3 Å². The summed E-state index contributed by atoms with van der Waals surface area (Å²) in [4.78, 5) is 32.3. The molecule has 2 aliphatic heterocycles. The molecule has 0 aliphatic carbocycles. The Morgan fingerprint density at radius 2 is 1.79 bits per heavy atom. The molecule has 33 heavy (non-hydrogen) atoms. The Labute approximate surface area is 186 Å². The fraction of sp³-hybridized carbons (Fsp3) is 0.182. The van der Waals surface area contributed by atoms with Crippen LogP contribution in [0.2, 0.25) is 0 Å². The average molecular weight is 452 g/mol. The molecule has 0 saturated heterocycles. The van der Waals surface area contributed by atoms with Gasteiger partial charge in [0.25, 0.3) is 6.10 Å². The van der Waals surface area contributed by atoms with Crippen LogP contribution >= 0.6 is 0 Å². The molecule has 2 aromatic carbocycles. The molecule has 0 radical (unpaired) electrons. The summed E-state index contributed by atoms with van der Waals surface area (Å²) in [6, 6.07) is 9.78. The summed E-state index contributed by atoms with van der Waals surface area (Å²) in [7, 11) is 1.18. The zero-order valence-corrected chi connectivity index (χ0v) is 17.3. The number of ether oxygens (including phenoxy) is 4. The molecule has 2 N–H and O–H groups in total. The van der Waals surface area contributed by atoms with E-state index in [0.717, 1.165) is 6.20 Å². The van der Waals surface area contributed by atoms with E-state index in [1.807, 2.05) is 0 Å². The molecule has 1 aromatic heterocycles. The lowest BCUT2D eigenvalue weighted by Gasteiger charge is -2.19. The monoisotopic (exact) mass is 452 g/mol. The van der Waals surface area contributed by atoms with Gasteiger partial charge in [-0.25, -0.2) is 14.2 Å². The van der Waals surface area contributed by atoms with E-state index in [-0.39, 0.29) is 23.1 Å². The fourth-order valence-corrected chi connectivity index (χ4v) is 3.39. The number of hydrogen-bond donors (Lipinski definition) is 2. The highest BCUT2D eigenvalue weighted by Gasteiger charge is 2.39. The van der Waals surface area contributed by atoms with Crippen molar-refractivity contribution in [1.82, 2.24) is 9.97 Å². The molecule has 0 amide bonds. The smallest absolute Gasteiger partial charge is 0.355 e. The number of Topliss-reactive ketones (excluding diaryl/α,β-unsaturated/α-hetero) is 1. The van der Waals surface area contributed by atoms with Gasteiger partial charge in [0.2, 0.25) is 11.7 Å². The van der Waals surface area contributed by atoms with E-state index in [4.69, 9.17) is 14.2 Å². The van der Waals surface area contributed by atoms with E-state index in [1.54, 1.807) is 24.3 Å². The molecule has 5 rings (SSSR count). The van der Waals surface area contributed by atoms with Crippen molar-refractivity contribution < 1.29 is 32.9 Å². The van der Waals surface area contributed by atoms with E-state index in [2.05, 4.69) is 25.3 Å². The molecule has 1 unspecified atom stereocenters. The van der Waals surface area contributed by atoms with Crippen LogP contribution < -0.4 is 24.8 Å².